The van der Waals surface area contributed by atoms with E-state index in [1.165, 1.54) is 34.8 Å². The molecule has 0 aliphatic carbocycles. The lowest BCUT2D eigenvalue weighted by Gasteiger charge is -2.42. The number of hydrogen-bond donors (Lipinski definition) is 1. The van der Waals surface area contributed by atoms with Crippen LogP contribution in [-0.4, -0.2) is 70.9 Å². The number of benzene rings is 1. The van der Waals surface area contributed by atoms with Crippen molar-refractivity contribution in [2.45, 2.75) is 12.5 Å². The van der Waals surface area contributed by atoms with Crippen molar-refractivity contribution in [1.82, 2.24) is 13.5 Å². The minimum atomic E-state index is -3.51. The van der Waals surface area contributed by atoms with Crippen LogP contribution in [0.3, 0.4) is 0 Å². The summed E-state index contributed by atoms with van der Waals surface area (Å²) in [4.78, 5) is 12.2. The van der Waals surface area contributed by atoms with Crippen molar-refractivity contribution < 1.29 is 13.3 Å². The topological polar surface area (TPSA) is 87.0 Å². The minimum absolute atomic E-state index is 0.0192. The van der Waals surface area contributed by atoms with Gasteiger partial charge in [-0.05, 0) is 12.0 Å². The highest BCUT2D eigenvalue weighted by molar-refractivity contribution is 8.10. The van der Waals surface area contributed by atoms with Gasteiger partial charge in [0, 0.05) is 51.9 Å². The monoisotopic (exact) mass is 404 g/mol. The smallest absolute Gasteiger partial charge is 0.281 e. The fourth-order valence-electron chi connectivity index (χ4n) is 2.72. The summed E-state index contributed by atoms with van der Waals surface area (Å²) in [7, 11) is -0.517. The van der Waals surface area contributed by atoms with E-state index in [2.05, 4.69) is 12.6 Å². The molecule has 11 heteroatoms. The third-order valence-electron chi connectivity index (χ3n) is 4.10. The van der Waals surface area contributed by atoms with Crippen molar-refractivity contribution in [1.29, 1.82) is 0 Å². The lowest BCUT2D eigenvalue weighted by molar-refractivity contribution is -0.384. The summed E-state index contributed by atoms with van der Waals surface area (Å²) < 4.78 is 27.8. The number of thiol groups is 1. The molecule has 1 aromatic carbocycles. The van der Waals surface area contributed by atoms with Gasteiger partial charge >= 0.3 is 0 Å². The maximum atomic E-state index is 12.4. The van der Waals surface area contributed by atoms with Crippen LogP contribution < -0.4 is 0 Å². The number of thiocarbonyl (C=S) groups is 1. The molecule has 138 valence electrons. The molecule has 0 amide bonds. The van der Waals surface area contributed by atoms with Gasteiger partial charge in [-0.25, -0.2) is 0 Å². The van der Waals surface area contributed by atoms with Gasteiger partial charge in [0.2, 0.25) is 0 Å². The lowest BCUT2D eigenvalue weighted by atomic mass is 10.0. The number of piperazine rings is 1. The predicted molar refractivity (Wildman–Crippen MR) is 103 cm³/mol. The molecule has 0 radical (unpaired) electrons. The van der Waals surface area contributed by atoms with Crippen molar-refractivity contribution in [3.05, 3.63) is 39.9 Å². The van der Waals surface area contributed by atoms with Gasteiger partial charge in [0.05, 0.1) is 4.92 Å². The first-order valence-corrected chi connectivity index (χ1v) is 9.78. The summed E-state index contributed by atoms with van der Waals surface area (Å²) in [6, 6.07) is 6.05. The normalized spacial score (nSPS) is 19.2. The van der Waals surface area contributed by atoms with Crippen LogP contribution in [0.4, 0.5) is 5.69 Å². The number of nitrogens with zero attached hydrogens (tertiary/aromatic N) is 4. The maximum absolute atomic E-state index is 12.4. The summed E-state index contributed by atoms with van der Waals surface area (Å²) in [5.74, 6) is 0. The highest BCUT2D eigenvalue weighted by Crippen LogP contribution is 2.21. The van der Waals surface area contributed by atoms with Crippen LogP contribution >= 0.6 is 24.8 Å². The highest BCUT2D eigenvalue weighted by Gasteiger charge is 2.34. The van der Waals surface area contributed by atoms with Gasteiger partial charge in [0.1, 0.15) is 4.32 Å². The van der Waals surface area contributed by atoms with E-state index in [0.29, 0.717) is 23.8 Å². The van der Waals surface area contributed by atoms with Crippen LogP contribution in [0, 0.1) is 10.1 Å². The standard InChI is InChI=1S/C14H20N4O4S3/c1-15(2)25(21,22)16-7-8-17(14(23)24)13(10-16)9-11-3-5-12(6-4-11)18(19)20/h3-6,13H,7-10H2,1-2H3,(H,23,24). The zero-order valence-electron chi connectivity index (χ0n) is 13.9. The summed E-state index contributed by atoms with van der Waals surface area (Å²) >= 11 is 9.41. The maximum Gasteiger partial charge on any atom is 0.281 e. The molecule has 0 spiro atoms. The Balaban J connectivity index is 2.20. The summed E-state index contributed by atoms with van der Waals surface area (Å²) in [6.07, 6.45) is 0.512. The Morgan fingerprint density at radius 2 is 1.96 bits per heavy atom. The Morgan fingerprint density at radius 1 is 1.36 bits per heavy atom. The second-order valence-electron chi connectivity index (χ2n) is 5.91. The summed E-state index contributed by atoms with van der Waals surface area (Å²) in [5.41, 5.74) is 0.889. The van der Waals surface area contributed by atoms with E-state index in [1.807, 2.05) is 4.90 Å². The first-order chi connectivity index (χ1) is 11.6. The molecule has 1 fully saturated rings. The molecule has 1 saturated heterocycles. The van der Waals surface area contributed by atoms with Gasteiger partial charge in [0.15, 0.2) is 0 Å². The molecule has 0 saturated carbocycles. The fraction of sp³-hybridized carbons (Fsp3) is 0.500. The second kappa shape index (κ2) is 7.96. The van der Waals surface area contributed by atoms with E-state index in [1.54, 1.807) is 12.1 Å². The summed E-state index contributed by atoms with van der Waals surface area (Å²) in [5, 5.41) is 10.8. The Bertz CT molecular complexity index is 752. The zero-order chi connectivity index (χ0) is 18.8. The Kier molecular flexibility index (Phi) is 6.38. The highest BCUT2D eigenvalue weighted by atomic mass is 32.2. The molecule has 25 heavy (non-hydrogen) atoms. The fourth-order valence-corrected chi connectivity index (χ4v) is 4.36. The van der Waals surface area contributed by atoms with Gasteiger partial charge in [-0.3, -0.25) is 10.1 Å². The average Bonchev–Trinajstić information content (AvgIpc) is 2.54. The zero-order valence-corrected chi connectivity index (χ0v) is 16.4. The molecule has 8 nitrogen and oxygen atoms in total. The lowest BCUT2D eigenvalue weighted by Crippen LogP contribution is -2.57. The third-order valence-corrected chi connectivity index (χ3v) is 6.50. The molecule has 1 heterocycles. The number of nitro benzene ring substituents is 1. The average molecular weight is 405 g/mol. The van der Waals surface area contributed by atoms with E-state index in [-0.39, 0.29) is 18.3 Å². The van der Waals surface area contributed by atoms with Crippen LogP contribution in [-0.2, 0) is 16.6 Å². The van der Waals surface area contributed by atoms with Gasteiger partial charge in [-0.15, -0.1) is 12.6 Å². The first kappa shape index (κ1) is 20.0. The molecule has 1 atom stereocenters. The number of nitro groups is 1. The molecule has 0 aromatic heterocycles. The van der Waals surface area contributed by atoms with Crippen molar-refractivity contribution in [2.24, 2.45) is 0 Å². The van der Waals surface area contributed by atoms with E-state index in [9.17, 15) is 18.5 Å². The number of rotatable bonds is 5. The molecule has 0 N–H and O–H groups in total. The van der Waals surface area contributed by atoms with E-state index in [0.717, 1.165) is 5.56 Å². The van der Waals surface area contributed by atoms with Crippen LogP contribution in [0.2, 0.25) is 0 Å². The molecule has 1 unspecified atom stereocenters. The van der Waals surface area contributed by atoms with Crippen molar-refractivity contribution in [2.75, 3.05) is 33.7 Å². The Labute approximate surface area is 158 Å². The summed E-state index contributed by atoms with van der Waals surface area (Å²) in [6.45, 7) is 1.06. The van der Waals surface area contributed by atoms with Gasteiger partial charge in [0.25, 0.3) is 15.9 Å². The van der Waals surface area contributed by atoms with E-state index >= 15 is 0 Å². The molecule has 1 aliphatic heterocycles. The van der Waals surface area contributed by atoms with Crippen LogP contribution in [0.25, 0.3) is 0 Å². The molecule has 1 aromatic rings. The van der Waals surface area contributed by atoms with Crippen LogP contribution in [0.5, 0.6) is 0 Å². The largest absolute Gasteiger partial charge is 0.352 e. The molecule has 2 rings (SSSR count). The van der Waals surface area contributed by atoms with Gasteiger partial charge in [-0.2, -0.15) is 17.0 Å². The van der Waals surface area contributed by atoms with Crippen LogP contribution in [0.15, 0.2) is 24.3 Å². The van der Waals surface area contributed by atoms with Crippen molar-refractivity contribution in [3.63, 3.8) is 0 Å². The van der Waals surface area contributed by atoms with Gasteiger partial charge < -0.3 is 4.90 Å². The van der Waals surface area contributed by atoms with E-state index < -0.39 is 15.1 Å². The molecular weight excluding hydrogens is 384 g/mol. The second-order valence-corrected chi connectivity index (χ2v) is 9.16. The Hall–Kier alpha value is -1.27. The quantitative estimate of drug-likeness (QED) is 0.343. The van der Waals surface area contributed by atoms with Crippen molar-refractivity contribution >= 4 is 45.1 Å². The molecular formula is C14H20N4O4S3. The van der Waals surface area contributed by atoms with Crippen LogP contribution in [0.1, 0.15) is 5.56 Å². The van der Waals surface area contributed by atoms with Gasteiger partial charge in [-0.1, -0.05) is 24.4 Å². The molecule has 0 bridgehead atoms. The molecule has 1 aliphatic rings. The first-order valence-electron chi connectivity index (χ1n) is 7.53. The number of hydrogen-bond acceptors (Lipinski definition) is 5. The van der Waals surface area contributed by atoms with Crippen molar-refractivity contribution in [3.8, 4) is 0 Å². The SMILES string of the molecule is CN(C)S(=O)(=O)N1CCN(C(=S)S)C(Cc2ccc([N+](=O)[O-])cc2)C1. The predicted octanol–water partition coefficient (Wildman–Crippen LogP) is 1.14. The number of non-ortho nitro benzene ring substituents is 1. The minimum Gasteiger partial charge on any atom is -0.352 e. The Morgan fingerprint density at radius 3 is 2.44 bits per heavy atom. The van der Waals surface area contributed by atoms with E-state index in [4.69, 9.17) is 12.2 Å². The third kappa shape index (κ3) is 4.67.